The molecule has 3 aliphatic rings. The lowest BCUT2D eigenvalue weighted by Crippen LogP contribution is -2.65. The number of carbonyl (C=O) groups is 1. The van der Waals surface area contributed by atoms with Gasteiger partial charge in [-0.3, -0.25) is 4.79 Å². The van der Waals surface area contributed by atoms with E-state index in [1.165, 1.54) is 0 Å². The summed E-state index contributed by atoms with van der Waals surface area (Å²) >= 11 is 0. The van der Waals surface area contributed by atoms with Gasteiger partial charge >= 0.3 is 0 Å². The summed E-state index contributed by atoms with van der Waals surface area (Å²) in [5.74, 6) is -0.231. The fourth-order valence-corrected chi connectivity index (χ4v) is 5.13. The number of nitrogens with two attached hydrogens (primary N) is 1. The van der Waals surface area contributed by atoms with Gasteiger partial charge in [0, 0.05) is 13.0 Å². The summed E-state index contributed by atoms with van der Waals surface area (Å²) in [7, 11) is 0. The second kappa shape index (κ2) is 18.4. The van der Waals surface area contributed by atoms with Gasteiger partial charge < -0.3 is 90.5 Å². The maximum Gasteiger partial charge on any atom is 0.220 e. The first kappa shape index (κ1) is 38.2. The molecule has 0 radical (unpaired) electrons. The molecular formula is C26H48N2O17. The Morgan fingerprint density at radius 1 is 0.644 bits per heavy atom. The number of carbonyl (C=O) groups excluding carboxylic acids is 1. The number of hydrogen-bond acceptors (Lipinski definition) is 18. The van der Waals surface area contributed by atoms with Gasteiger partial charge in [-0.2, -0.15) is 0 Å². The lowest BCUT2D eigenvalue weighted by molar-refractivity contribution is -0.366. The van der Waals surface area contributed by atoms with Gasteiger partial charge in [-0.1, -0.05) is 6.42 Å². The van der Waals surface area contributed by atoms with Gasteiger partial charge in [-0.05, 0) is 19.4 Å². The summed E-state index contributed by atoms with van der Waals surface area (Å²) in [6, 6.07) is 0. The van der Waals surface area contributed by atoms with Crippen LogP contribution in [0.2, 0.25) is 0 Å². The summed E-state index contributed by atoms with van der Waals surface area (Å²) < 4.78 is 33.0. The van der Waals surface area contributed by atoms with Crippen LogP contribution in [0, 0.1) is 0 Å². The number of amides is 1. The number of rotatable bonds is 16. The smallest absolute Gasteiger partial charge is 0.220 e. The van der Waals surface area contributed by atoms with E-state index in [1.54, 1.807) is 0 Å². The second-order valence-corrected chi connectivity index (χ2v) is 11.2. The largest absolute Gasteiger partial charge is 0.394 e. The van der Waals surface area contributed by atoms with Gasteiger partial charge in [0.2, 0.25) is 5.91 Å². The molecular weight excluding hydrogens is 612 g/mol. The molecule has 3 heterocycles. The van der Waals surface area contributed by atoms with Crippen molar-refractivity contribution in [1.29, 1.82) is 0 Å². The van der Waals surface area contributed by atoms with Crippen molar-refractivity contribution in [2.24, 2.45) is 5.73 Å². The number of nitrogens with one attached hydrogen (secondary N) is 1. The van der Waals surface area contributed by atoms with E-state index in [-0.39, 0.29) is 25.5 Å². The van der Waals surface area contributed by atoms with Gasteiger partial charge in [0.05, 0.1) is 26.4 Å². The number of hydrogen-bond donors (Lipinski definition) is 12. The summed E-state index contributed by atoms with van der Waals surface area (Å²) in [4.78, 5) is 12.0. The highest BCUT2D eigenvalue weighted by Gasteiger charge is 2.52. The van der Waals surface area contributed by atoms with Gasteiger partial charge in [0.15, 0.2) is 18.9 Å². The van der Waals surface area contributed by atoms with Gasteiger partial charge in [0.1, 0.15) is 73.2 Å². The number of aliphatic hydroxyl groups is 10. The van der Waals surface area contributed by atoms with Crippen LogP contribution >= 0.6 is 0 Å². The van der Waals surface area contributed by atoms with Crippen molar-refractivity contribution in [1.82, 2.24) is 5.32 Å². The summed E-state index contributed by atoms with van der Waals surface area (Å²) in [5.41, 5.74) is 5.44. The second-order valence-electron chi connectivity index (χ2n) is 11.2. The molecule has 45 heavy (non-hydrogen) atoms. The first-order chi connectivity index (χ1) is 21.4. The Kier molecular flexibility index (Phi) is 15.6. The molecule has 0 spiro atoms. The zero-order valence-electron chi connectivity index (χ0n) is 24.6. The van der Waals surface area contributed by atoms with Crippen molar-refractivity contribution in [2.75, 3.05) is 39.5 Å². The summed E-state index contributed by atoms with van der Waals surface area (Å²) in [6.45, 7) is -1.68. The molecule has 0 aromatic rings. The minimum atomic E-state index is -1.87. The molecule has 3 aliphatic heterocycles. The fourth-order valence-electron chi connectivity index (χ4n) is 5.13. The minimum absolute atomic E-state index is 0.0229. The Morgan fingerprint density at radius 3 is 1.80 bits per heavy atom. The van der Waals surface area contributed by atoms with Crippen molar-refractivity contribution < 1.29 is 84.3 Å². The van der Waals surface area contributed by atoms with Crippen molar-refractivity contribution >= 4 is 5.91 Å². The van der Waals surface area contributed by atoms with E-state index in [2.05, 4.69) is 5.32 Å². The van der Waals surface area contributed by atoms with Crippen LogP contribution in [0.5, 0.6) is 0 Å². The lowest BCUT2D eigenvalue weighted by atomic mass is 9.96. The topological polar surface area (TPSA) is 313 Å². The average molecular weight is 661 g/mol. The highest BCUT2D eigenvalue weighted by Crippen LogP contribution is 2.31. The van der Waals surface area contributed by atoms with E-state index in [1.807, 2.05) is 0 Å². The van der Waals surface area contributed by atoms with Crippen molar-refractivity contribution in [2.45, 2.75) is 118 Å². The average Bonchev–Trinajstić information content (AvgIpc) is 3.03. The molecule has 0 unspecified atom stereocenters. The van der Waals surface area contributed by atoms with Crippen LogP contribution in [0.1, 0.15) is 25.7 Å². The van der Waals surface area contributed by atoms with E-state index < -0.39 is 112 Å². The molecule has 0 saturated carbocycles. The Bertz CT molecular complexity index is 873. The van der Waals surface area contributed by atoms with Crippen molar-refractivity contribution in [3.63, 3.8) is 0 Å². The Hall–Kier alpha value is -1.21. The molecule has 3 rings (SSSR count). The highest BCUT2D eigenvalue weighted by atomic mass is 16.7. The van der Waals surface area contributed by atoms with E-state index in [0.29, 0.717) is 13.0 Å². The maximum atomic E-state index is 12.0. The van der Waals surface area contributed by atoms with Crippen molar-refractivity contribution in [3.05, 3.63) is 0 Å². The van der Waals surface area contributed by atoms with Crippen LogP contribution in [0.3, 0.4) is 0 Å². The van der Waals surface area contributed by atoms with Crippen LogP contribution in [0.25, 0.3) is 0 Å². The quantitative estimate of drug-likeness (QED) is 0.0684. The highest BCUT2D eigenvalue weighted by molar-refractivity contribution is 5.75. The molecule has 3 fully saturated rings. The lowest BCUT2D eigenvalue weighted by Gasteiger charge is -2.46. The first-order valence-corrected chi connectivity index (χ1v) is 14.9. The normalized spacial score (nSPS) is 42.4. The molecule has 15 atom stereocenters. The van der Waals surface area contributed by atoms with Gasteiger partial charge in [-0.15, -0.1) is 0 Å². The molecule has 0 bridgehead atoms. The summed E-state index contributed by atoms with van der Waals surface area (Å²) in [6.07, 6.45) is -22.1. The van der Waals surface area contributed by atoms with E-state index in [0.717, 1.165) is 12.8 Å². The molecule has 19 heteroatoms. The fraction of sp³-hybridized carbons (Fsp3) is 0.962. The molecule has 19 nitrogen and oxygen atoms in total. The molecule has 13 N–H and O–H groups in total. The van der Waals surface area contributed by atoms with E-state index >= 15 is 0 Å². The maximum absolute atomic E-state index is 12.0. The van der Waals surface area contributed by atoms with E-state index in [9.17, 15) is 55.9 Å². The van der Waals surface area contributed by atoms with Gasteiger partial charge in [0.25, 0.3) is 0 Å². The molecule has 0 aromatic carbocycles. The number of unbranched alkanes of at least 4 members (excludes halogenated alkanes) is 2. The Balaban J connectivity index is 1.68. The predicted octanol–water partition coefficient (Wildman–Crippen LogP) is -6.91. The van der Waals surface area contributed by atoms with Crippen molar-refractivity contribution in [3.8, 4) is 0 Å². The zero-order valence-corrected chi connectivity index (χ0v) is 24.6. The Labute approximate surface area is 259 Å². The molecule has 1 amide bonds. The van der Waals surface area contributed by atoms with Crippen LogP contribution in [0.15, 0.2) is 0 Å². The standard InChI is InChI=1S/C26H48N2O17/c27-5-3-1-2-4-14(31)28-6-7-40-25-22(39)23(45-26-21(38)19(36)16(33)12(9-30)43-26)17(34)13(44-25)10-41-24-20(37)18(35)15(32)11(8-29)42-24/h11-13,15-26,29-30,32-39H,1-10,27H2,(H,28,31)/t11-,12-,13-,15-,16-,17-,18+,19+,20+,21+,22-,23+,24+,25-,26-/m1/s1. The molecule has 0 aliphatic carbocycles. The third-order valence-corrected chi connectivity index (χ3v) is 7.87. The monoisotopic (exact) mass is 660 g/mol. The third kappa shape index (κ3) is 9.90. The zero-order chi connectivity index (χ0) is 33.3. The molecule has 264 valence electrons. The SMILES string of the molecule is NCCCCCC(=O)NCCO[C@@H]1O[C@H](CO[C@H]2O[C@H](CO)[C@@H](O)[C@H](O)[C@@H]2O)[C@@H](O)[C@H](O[C@H]2O[C@H](CO)[C@@H](O)[C@H](O)[C@@H]2O)[C@H]1O. The molecule has 3 saturated heterocycles. The third-order valence-electron chi connectivity index (χ3n) is 7.87. The molecule has 0 aromatic heterocycles. The van der Waals surface area contributed by atoms with Crippen LogP contribution < -0.4 is 11.1 Å². The summed E-state index contributed by atoms with van der Waals surface area (Å²) in [5, 5.41) is 105. The van der Waals surface area contributed by atoms with Crippen LogP contribution in [0.4, 0.5) is 0 Å². The number of aliphatic hydroxyl groups excluding tert-OH is 10. The predicted molar refractivity (Wildman–Crippen MR) is 146 cm³/mol. The van der Waals surface area contributed by atoms with E-state index in [4.69, 9.17) is 34.2 Å². The van der Waals surface area contributed by atoms with Crippen LogP contribution in [-0.4, -0.2) is 189 Å². The van der Waals surface area contributed by atoms with Gasteiger partial charge in [-0.25, -0.2) is 0 Å². The van der Waals surface area contributed by atoms with Crippen LogP contribution in [-0.2, 0) is 33.2 Å². The first-order valence-electron chi connectivity index (χ1n) is 14.9. The Morgan fingerprint density at radius 2 is 1.20 bits per heavy atom. The number of ether oxygens (including phenoxy) is 6. The minimum Gasteiger partial charge on any atom is -0.394 e.